The number of imidazole rings is 1. The normalized spacial score (nSPS) is 14.4. The fourth-order valence-corrected chi connectivity index (χ4v) is 2.16. The van der Waals surface area contributed by atoms with Crippen LogP contribution in [0.5, 0.6) is 0 Å². The lowest BCUT2D eigenvalue weighted by Crippen LogP contribution is -2.53. The van der Waals surface area contributed by atoms with E-state index in [-0.39, 0.29) is 12.8 Å². The number of H-pyrrole nitrogens is 1. The van der Waals surface area contributed by atoms with E-state index in [4.69, 9.17) is 16.6 Å². The average Bonchev–Trinajstić information content (AvgIpc) is 3.06. The molecule has 1 rings (SSSR count). The maximum atomic E-state index is 12.1. The quantitative estimate of drug-likeness (QED) is 0.261. The van der Waals surface area contributed by atoms with Crippen LogP contribution in [0.1, 0.15) is 31.9 Å². The van der Waals surface area contributed by atoms with Crippen molar-refractivity contribution in [3.63, 3.8) is 0 Å². The number of nitrogens with two attached hydrogens (primary N) is 2. The molecule has 8 N–H and O–H groups in total. The SMILES string of the molecule is CC(NC(=O)C(N)Cc1cnc[nH]1)C(=O)NC(CCCCN)C(=O)O. The van der Waals surface area contributed by atoms with Crippen LogP contribution in [0.4, 0.5) is 0 Å². The van der Waals surface area contributed by atoms with Gasteiger partial charge in [-0.2, -0.15) is 0 Å². The minimum atomic E-state index is -1.13. The number of nitrogens with zero attached hydrogens (tertiary/aromatic N) is 1. The minimum Gasteiger partial charge on any atom is -0.480 e. The Morgan fingerprint density at radius 2 is 2.00 bits per heavy atom. The lowest BCUT2D eigenvalue weighted by molar-refractivity contribution is -0.142. The summed E-state index contributed by atoms with van der Waals surface area (Å²) in [5, 5.41) is 14.0. The zero-order chi connectivity index (χ0) is 18.8. The highest BCUT2D eigenvalue weighted by atomic mass is 16.4. The molecule has 0 radical (unpaired) electrons. The van der Waals surface area contributed by atoms with Crippen molar-refractivity contribution < 1.29 is 19.5 Å². The number of aliphatic carboxylic acids is 1. The maximum Gasteiger partial charge on any atom is 0.326 e. The summed E-state index contributed by atoms with van der Waals surface area (Å²) in [5.41, 5.74) is 11.9. The third-order valence-corrected chi connectivity index (χ3v) is 3.65. The summed E-state index contributed by atoms with van der Waals surface area (Å²) in [6.07, 6.45) is 4.82. The molecule has 0 aliphatic heterocycles. The van der Waals surface area contributed by atoms with Gasteiger partial charge in [0.1, 0.15) is 12.1 Å². The largest absolute Gasteiger partial charge is 0.480 e. The van der Waals surface area contributed by atoms with Gasteiger partial charge in [-0.15, -0.1) is 0 Å². The Hall–Kier alpha value is -2.46. The highest BCUT2D eigenvalue weighted by Gasteiger charge is 2.25. The van der Waals surface area contributed by atoms with Gasteiger partial charge >= 0.3 is 5.97 Å². The van der Waals surface area contributed by atoms with E-state index in [1.165, 1.54) is 13.3 Å². The standard InChI is InChI=1S/C15H26N6O4/c1-9(13(22)21-12(15(24)25)4-2-3-5-16)20-14(23)11(17)6-10-7-18-8-19-10/h7-9,11-12H,2-6,16-17H2,1H3,(H,18,19)(H,20,23)(H,21,22)(H,24,25). The molecule has 0 saturated heterocycles. The second kappa shape index (κ2) is 10.4. The number of carboxylic acids is 1. The molecule has 1 aromatic rings. The molecule has 0 aliphatic rings. The highest BCUT2D eigenvalue weighted by molar-refractivity contribution is 5.91. The van der Waals surface area contributed by atoms with Gasteiger partial charge in [-0.05, 0) is 32.7 Å². The monoisotopic (exact) mass is 354 g/mol. The molecule has 3 unspecified atom stereocenters. The molecule has 1 aromatic heterocycles. The van der Waals surface area contributed by atoms with Crippen LogP contribution in [-0.2, 0) is 20.8 Å². The van der Waals surface area contributed by atoms with Crippen molar-refractivity contribution >= 4 is 17.8 Å². The van der Waals surface area contributed by atoms with Crippen molar-refractivity contribution in [3.05, 3.63) is 18.2 Å². The average molecular weight is 354 g/mol. The molecule has 140 valence electrons. The van der Waals surface area contributed by atoms with Crippen LogP contribution < -0.4 is 22.1 Å². The first-order valence-corrected chi connectivity index (χ1v) is 8.11. The molecule has 0 fully saturated rings. The van der Waals surface area contributed by atoms with E-state index in [1.807, 2.05) is 0 Å². The van der Waals surface area contributed by atoms with Gasteiger partial charge in [0, 0.05) is 18.3 Å². The summed E-state index contributed by atoms with van der Waals surface area (Å²) >= 11 is 0. The Labute approximate surface area is 145 Å². The minimum absolute atomic E-state index is 0.247. The fourth-order valence-electron chi connectivity index (χ4n) is 2.16. The molecule has 0 aliphatic carbocycles. The molecule has 0 aromatic carbocycles. The number of carbonyl (C=O) groups is 3. The smallest absolute Gasteiger partial charge is 0.326 e. The predicted molar refractivity (Wildman–Crippen MR) is 90.3 cm³/mol. The Bertz CT molecular complexity index is 562. The Kier molecular flexibility index (Phi) is 8.57. The number of aromatic nitrogens is 2. The molecule has 1 heterocycles. The Morgan fingerprint density at radius 3 is 2.56 bits per heavy atom. The summed E-state index contributed by atoms with van der Waals surface area (Å²) in [4.78, 5) is 42.0. The molecule has 2 amide bonds. The lowest BCUT2D eigenvalue weighted by Gasteiger charge is -2.20. The maximum absolute atomic E-state index is 12.1. The number of carbonyl (C=O) groups excluding carboxylic acids is 2. The predicted octanol–water partition coefficient (Wildman–Crippen LogP) is -1.52. The van der Waals surface area contributed by atoms with E-state index in [2.05, 4.69) is 20.6 Å². The molecule has 10 heteroatoms. The van der Waals surface area contributed by atoms with Gasteiger partial charge in [0.2, 0.25) is 11.8 Å². The number of rotatable bonds is 11. The van der Waals surface area contributed by atoms with E-state index in [0.29, 0.717) is 25.1 Å². The number of amides is 2. The zero-order valence-corrected chi connectivity index (χ0v) is 14.2. The molecule has 10 nitrogen and oxygen atoms in total. The van der Waals surface area contributed by atoms with Crippen LogP contribution in [0, 0.1) is 0 Å². The van der Waals surface area contributed by atoms with Crippen LogP contribution in [0.15, 0.2) is 12.5 Å². The summed E-state index contributed by atoms with van der Waals surface area (Å²) in [7, 11) is 0. The van der Waals surface area contributed by atoms with Crippen molar-refractivity contribution in [2.24, 2.45) is 11.5 Å². The van der Waals surface area contributed by atoms with Gasteiger partial charge in [-0.1, -0.05) is 0 Å². The van der Waals surface area contributed by atoms with Crippen molar-refractivity contribution in [2.75, 3.05) is 6.54 Å². The second-order valence-electron chi connectivity index (χ2n) is 5.80. The molecular weight excluding hydrogens is 328 g/mol. The van der Waals surface area contributed by atoms with E-state index < -0.39 is 35.9 Å². The van der Waals surface area contributed by atoms with Gasteiger partial charge in [0.05, 0.1) is 12.4 Å². The van der Waals surface area contributed by atoms with Crippen LogP contribution in [0.25, 0.3) is 0 Å². The number of hydrogen-bond donors (Lipinski definition) is 6. The third-order valence-electron chi connectivity index (χ3n) is 3.65. The summed E-state index contributed by atoms with van der Waals surface area (Å²) < 4.78 is 0. The van der Waals surface area contributed by atoms with Crippen molar-refractivity contribution in [3.8, 4) is 0 Å². The zero-order valence-electron chi connectivity index (χ0n) is 14.2. The first-order valence-electron chi connectivity index (χ1n) is 8.11. The van der Waals surface area contributed by atoms with Crippen molar-refractivity contribution in [1.82, 2.24) is 20.6 Å². The molecule has 3 atom stereocenters. The highest BCUT2D eigenvalue weighted by Crippen LogP contribution is 2.02. The fraction of sp³-hybridized carbons (Fsp3) is 0.600. The molecular formula is C15H26N6O4. The van der Waals surface area contributed by atoms with Gasteiger partial charge < -0.3 is 32.2 Å². The van der Waals surface area contributed by atoms with Crippen LogP contribution >= 0.6 is 0 Å². The van der Waals surface area contributed by atoms with Crippen LogP contribution in [0.2, 0.25) is 0 Å². The number of unbranched alkanes of at least 4 members (excludes halogenated alkanes) is 1. The van der Waals surface area contributed by atoms with Gasteiger partial charge in [-0.3, -0.25) is 9.59 Å². The van der Waals surface area contributed by atoms with Crippen molar-refractivity contribution in [2.45, 2.75) is 50.7 Å². The van der Waals surface area contributed by atoms with Gasteiger partial charge in [0.25, 0.3) is 0 Å². The molecule has 0 bridgehead atoms. The Balaban J connectivity index is 2.47. The van der Waals surface area contributed by atoms with Crippen LogP contribution in [0.3, 0.4) is 0 Å². The van der Waals surface area contributed by atoms with E-state index in [0.717, 1.165) is 0 Å². The lowest BCUT2D eigenvalue weighted by atomic mass is 10.1. The first kappa shape index (κ1) is 20.6. The van der Waals surface area contributed by atoms with E-state index in [1.54, 1.807) is 6.20 Å². The number of carboxylic acid groups (broad SMARTS) is 1. The van der Waals surface area contributed by atoms with Crippen molar-refractivity contribution in [1.29, 1.82) is 0 Å². The summed E-state index contributed by atoms with van der Waals surface area (Å²) in [5.74, 6) is -2.21. The van der Waals surface area contributed by atoms with E-state index in [9.17, 15) is 14.4 Å². The van der Waals surface area contributed by atoms with Gasteiger partial charge in [0.15, 0.2) is 0 Å². The Morgan fingerprint density at radius 1 is 1.28 bits per heavy atom. The number of aromatic amines is 1. The molecule has 0 saturated carbocycles. The third kappa shape index (κ3) is 7.31. The van der Waals surface area contributed by atoms with Gasteiger partial charge in [-0.25, -0.2) is 9.78 Å². The summed E-state index contributed by atoms with van der Waals surface area (Å²) in [6.45, 7) is 1.93. The van der Waals surface area contributed by atoms with E-state index >= 15 is 0 Å². The molecule has 0 spiro atoms. The number of hydrogen-bond acceptors (Lipinski definition) is 6. The van der Waals surface area contributed by atoms with Crippen LogP contribution in [-0.4, -0.2) is 57.5 Å². The second-order valence-corrected chi connectivity index (χ2v) is 5.80. The number of nitrogens with one attached hydrogen (secondary N) is 3. The topological polar surface area (TPSA) is 176 Å². The first-order chi connectivity index (χ1) is 11.8. The summed E-state index contributed by atoms with van der Waals surface area (Å²) in [6, 6.07) is -2.77. The molecule has 25 heavy (non-hydrogen) atoms.